The van der Waals surface area contributed by atoms with Gasteiger partial charge in [0.05, 0.1) is 17.6 Å². The van der Waals surface area contributed by atoms with Gasteiger partial charge in [0.1, 0.15) is 0 Å². The minimum atomic E-state index is -0.375. The van der Waals surface area contributed by atoms with Crippen molar-refractivity contribution in [3.05, 3.63) is 0 Å². The fourth-order valence-corrected chi connectivity index (χ4v) is 4.72. The highest BCUT2D eigenvalue weighted by Crippen LogP contribution is 2.33. The van der Waals surface area contributed by atoms with Gasteiger partial charge in [-0.1, -0.05) is 0 Å². The number of rotatable bonds is 4. The van der Waals surface area contributed by atoms with Crippen LogP contribution in [0.25, 0.3) is 0 Å². The minimum Gasteiger partial charge on any atom is -0.381 e. The minimum absolute atomic E-state index is 0. The first-order valence-corrected chi connectivity index (χ1v) is 9.97. The molecule has 0 aromatic carbocycles. The summed E-state index contributed by atoms with van der Waals surface area (Å²) in [5.74, 6) is 0.954. The topological polar surface area (TPSA) is 68.0 Å². The van der Waals surface area contributed by atoms with Crippen molar-refractivity contribution >= 4 is 30.7 Å². The summed E-state index contributed by atoms with van der Waals surface area (Å²) in [6, 6.07) is 0. The molecule has 6 nitrogen and oxygen atoms in total. The number of hydrogen-bond acceptors (Lipinski definition) is 5. The zero-order chi connectivity index (χ0) is 17.9. The third-order valence-corrected chi connectivity index (χ3v) is 6.21. The van der Waals surface area contributed by atoms with E-state index in [9.17, 15) is 4.79 Å². The fraction of sp³-hybridized carbons (Fsp3) is 0.947. The third kappa shape index (κ3) is 6.18. The van der Waals surface area contributed by atoms with Gasteiger partial charge < -0.3 is 20.1 Å². The van der Waals surface area contributed by atoms with Gasteiger partial charge in [-0.25, -0.2) is 0 Å². The Balaban J connectivity index is 0.00000182. The van der Waals surface area contributed by atoms with Crippen molar-refractivity contribution in [1.29, 1.82) is 0 Å². The van der Waals surface area contributed by atoms with E-state index in [4.69, 9.17) is 15.2 Å². The molecule has 2 atom stereocenters. The molecule has 160 valence electrons. The van der Waals surface area contributed by atoms with Gasteiger partial charge in [-0.3, -0.25) is 9.69 Å². The van der Waals surface area contributed by atoms with Gasteiger partial charge in [0.2, 0.25) is 5.91 Å². The molecule has 27 heavy (non-hydrogen) atoms. The second-order valence-corrected chi connectivity index (χ2v) is 8.31. The van der Waals surface area contributed by atoms with Crippen LogP contribution in [0.1, 0.15) is 39.5 Å². The summed E-state index contributed by atoms with van der Waals surface area (Å²) in [5.41, 5.74) is 5.63. The molecule has 3 aliphatic rings. The summed E-state index contributed by atoms with van der Waals surface area (Å²) in [6.07, 6.45) is 4.38. The van der Waals surface area contributed by atoms with Crippen LogP contribution in [-0.2, 0) is 14.3 Å². The van der Waals surface area contributed by atoms with E-state index in [1.54, 1.807) is 0 Å². The third-order valence-electron chi connectivity index (χ3n) is 6.21. The van der Waals surface area contributed by atoms with Crippen LogP contribution < -0.4 is 5.73 Å². The highest BCUT2D eigenvalue weighted by molar-refractivity contribution is 5.85. The molecular formula is C19H37Cl2N3O3. The van der Waals surface area contributed by atoms with Gasteiger partial charge in [-0.15, -0.1) is 24.8 Å². The number of likely N-dealkylation sites (tertiary alicyclic amines) is 1. The summed E-state index contributed by atoms with van der Waals surface area (Å²) in [4.78, 5) is 17.7. The van der Waals surface area contributed by atoms with Crippen LogP contribution in [0.15, 0.2) is 0 Å². The summed E-state index contributed by atoms with van der Waals surface area (Å²) in [5, 5.41) is 0. The molecule has 0 spiro atoms. The lowest BCUT2D eigenvalue weighted by Crippen LogP contribution is -2.53. The Kier molecular flexibility index (Phi) is 10.3. The SMILES string of the molecule is CC1CN(CC2CCN(C(=O)C3(CN)CCOCC3)CC2)CC(C)O1.Cl.Cl. The normalized spacial score (nSPS) is 29.5. The first kappa shape index (κ1) is 24.9. The Morgan fingerprint density at radius 3 is 2.15 bits per heavy atom. The number of amides is 1. The second kappa shape index (κ2) is 11.2. The Hall–Kier alpha value is -0.110. The molecule has 3 fully saturated rings. The smallest absolute Gasteiger partial charge is 0.230 e. The molecule has 0 aromatic heterocycles. The summed E-state index contributed by atoms with van der Waals surface area (Å²) in [6.45, 7) is 11.0. The Bertz CT molecular complexity index is 445. The van der Waals surface area contributed by atoms with Crippen molar-refractivity contribution in [3.8, 4) is 0 Å². The molecule has 2 N–H and O–H groups in total. The number of piperidine rings is 1. The van der Waals surface area contributed by atoms with Crippen molar-refractivity contribution in [2.75, 3.05) is 52.5 Å². The summed E-state index contributed by atoms with van der Waals surface area (Å²) < 4.78 is 11.3. The van der Waals surface area contributed by atoms with Gasteiger partial charge >= 0.3 is 0 Å². The van der Waals surface area contributed by atoms with Crippen molar-refractivity contribution in [1.82, 2.24) is 9.80 Å². The van der Waals surface area contributed by atoms with Crippen LogP contribution in [0.3, 0.4) is 0 Å². The monoisotopic (exact) mass is 425 g/mol. The summed E-state index contributed by atoms with van der Waals surface area (Å²) >= 11 is 0. The van der Waals surface area contributed by atoms with E-state index in [0.717, 1.165) is 58.4 Å². The molecule has 0 bridgehead atoms. The average Bonchev–Trinajstić information content (AvgIpc) is 2.61. The Morgan fingerprint density at radius 1 is 1.07 bits per heavy atom. The van der Waals surface area contributed by atoms with E-state index in [1.807, 2.05) is 0 Å². The quantitative estimate of drug-likeness (QED) is 0.744. The first-order valence-electron chi connectivity index (χ1n) is 9.97. The number of ether oxygens (including phenoxy) is 2. The van der Waals surface area contributed by atoms with Crippen molar-refractivity contribution in [3.63, 3.8) is 0 Å². The maximum absolute atomic E-state index is 13.1. The Morgan fingerprint density at radius 2 is 1.63 bits per heavy atom. The van der Waals surface area contributed by atoms with Gasteiger partial charge in [0.15, 0.2) is 0 Å². The maximum atomic E-state index is 13.1. The predicted molar refractivity (Wildman–Crippen MR) is 112 cm³/mol. The van der Waals surface area contributed by atoms with E-state index in [2.05, 4.69) is 23.6 Å². The van der Waals surface area contributed by atoms with Gasteiger partial charge in [0, 0.05) is 52.5 Å². The van der Waals surface area contributed by atoms with Gasteiger partial charge in [-0.2, -0.15) is 0 Å². The van der Waals surface area contributed by atoms with Crippen LogP contribution in [0.5, 0.6) is 0 Å². The van der Waals surface area contributed by atoms with Crippen LogP contribution in [0, 0.1) is 11.3 Å². The molecule has 0 aliphatic carbocycles. The number of morpholine rings is 1. The molecule has 0 radical (unpaired) electrons. The highest BCUT2D eigenvalue weighted by Gasteiger charge is 2.42. The van der Waals surface area contributed by atoms with E-state index in [-0.39, 0.29) is 36.1 Å². The lowest BCUT2D eigenvalue weighted by Gasteiger charge is -2.43. The van der Waals surface area contributed by atoms with Crippen molar-refractivity contribution < 1.29 is 14.3 Å². The molecular weight excluding hydrogens is 389 g/mol. The standard InChI is InChI=1S/C19H35N3O3.2ClH/c1-15-11-21(12-16(2)25-15)13-17-3-7-22(8-4-17)18(23)19(14-20)5-9-24-10-6-19;;/h15-17H,3-14,20H2,1-2H3;2*1H. The zero-order valence-corrected chi connectivity index (χ0v) is 18.4. The number of halogens is 2. The molecule has 3 rings (SSSR count). The zero-order valence-electron chi connectivity index (χ0n) is 16.7. The second-order valence-electron chi connectivity index (χ2n) is 8.31. The van der Waals surface area contributed by atoms with Crippen molar-refractivity contribution in [2.45, 2.75) is 51.7 Å². The van der Waals surface area contributed by atoms with Crippen LogP contribution in [0.4, 0.5) is 0 Å². The van der Waals surface area contributed by atoms with Gasteiger partial charge in [-0.05, 0) is 45.4 Å². The van der Waals surface area contributed by atoms with Gasteiger partial charge in [0.25, 0.3) is 0 Å². The van der Waals surface area contributed by atoms with E-state index >= 15 is 0 Å². The molecule has 1 amide bonds. The lowest BCUT2D eigenvalue weighted by molar-refractivity contribution is -0.148. The lowest BCUT2D eigenvalue weighted by atomic mass is 9.78. The molecule has 8 heteroatoms. The van der Waals surface area contributed by atoms with E-state index in [0.29, 0.717) is 37.9 Å². The number of nitrogens with two attached hydrogens (primary N) is 1. The largest absolute Gasteiger partial charge is 0.381 e. The molecule has 3 aliphatic heterocycles. The fourth-order valence-electron chi connectivity index (χ4n) is 4.72. The van der Waals surface area contributed by atoms with E-state index < -0.39 is 0 Å². The molecule has 0 saturated carbocycles. The van der Waals surface area contributed by atoms with E-state index in [1.165, 1.54) is 0 Å². The molecule has 3 heterocycles. The first-order chi connectivity index (χ1) is 12.0. The van der Waals surface area contributed by atoms with Crippen LogP contribution >= 0.6 is 24.8 Å². The number of carbonyl (C=O) groups excluding carboxylic acids is 1. The van der Waals surface area contributed by atoms with Crippen molar-refractivity contribution in [2.24, 2.45) is 17.1 Å². The number of hydrogen-bond donors (Lipinski definition) is 1. The summed E-state index contributed by atoms with van der Waals surface area (Å²) in [7, 11) is 0. The maximum Gasteiger partial charge on any atom is 0.230 e. The number of nitrogens with zero attached hydrogens (tertiary/aromatic N) is 2. The predicted octanol–water partition coefficient (Wildman–Crippen LogP) is 1.93. The Labute approximate surface area is 176 Å². The molecule has 0 aromatic rings. The molecule has 3 saturated heterocycles. The molecule has 2 unspecified atom stereocenters. The number of carbonyl (C=O) groups is 1. The van der Waals surface area contributed by atoms with Crippen LogP contribution in [-0.4, -0.2) is 80.4 Å². The van der Waals surface area contributed by atoms with Crippen LogP contribution in [0.2, 0.25) is 0 Å². The average molecular weight is 426 g/mol. The highest BCUT2D eigenvalue weighted by atomic mass is 35.5.